The average Bonchev–Trinajstić information content (AvgIpc) is 3.17. The second kappa shape index (κ2) is 19.7. The number of carbonyl (C=O) groups excluding carboxylic acids is 2. The zero-order valence-corrected chi connectivity index (χ0v) is 28.9. The van der Waals surface area contributed by atoms with Gasteiger partial charge in [0.1, 0.15) is 35.9 Å². The summed E-state index contributed by atoms with van der Waals surface area (Å²) >= 11 is 0. The van der Waals surface area contributed by atoms with Crippen molar-refractivity contribution in [2.24, 2.45) is 17.0 Å². The van der Waals surface area contributed by atoms with E-state index in [2.05, 4.69) is 20.7 Å². The number of nitrogens with zero attached hydrogens (tertiary/aromatic N) is 3. The van der Waals surface area contributed by atoms with Crippen LogP contribution in [0.1, 0.15) is 35.1 Å². The highest BCUT2D eigenvalue weighted by molar-refractivity contribution is 5.88. The van der Waals surface area contributed by atoms with Crippen LogP contribution in [0, 0.1) is 11.8 Å². The van der Waals surface area contributed by atoms with Crippen LogP contribution in [0.25, 0.3) is 10.4 Å². The Morgan fingerprint density at radius 1 is 0.846 bits per heavy atom. The van der Waals surface area contributed by atoms with Gasteiger partial charge in [0.15, 0.2) is 6.29 Å². The van der Waals surface area contributed by atoms with Crippen molar-refractivity contribution in [1.29, 1.82) is 0 Å². The smallest absolute Gasteiger partial charge is 0.224 e. The fourth-order valence-electron chi connectivity index (χ4n) is 6.37. The Hall–Kier alpha value is -4.07. The van der Waals surface area contributed by atoms with Gasteiger partial charge in [-0.1, -0.05) is 29.4 Å². The van der Waals surface area contributed by atoms with Crippen LogP contribution in [0.3, 0.4) is 0 Å². The van der Waals surface area contributed by atoms with Crippen molar-refractivity contribution >= 4 is 11.8 Å². The van der Waals surface area contributed by atoms with Crippen LogP contribution in [-0.4, -0.2) is 119 Å². The van der Waals surface area contributed by atoms with Gasteiger partial charge in [-0.25, -0.2) is 0 Å². The molecule has 1 aliphatic carbocycles. The minimum atomic E-state index is -1.74. The molecule has 2 aromatic carbocycles. The van der Waals surface area contributed by atoms with E-state index in [1.165, 1.54) is 14.2 Å². The lowest BCUT2D eigenvalue weighted by molar-refractivity contribution is -0.321. The molecule has 0 aromatic heterocycles. The molecule has 18 heteroatoms. The zero-order chi connectivity index (χ0) is 37.8. The van der Waals surface area contributed by atoms with Gasteiger partial charge >= 0.3 is 0 Å². The zero-order valence-electron chi connectivity index (χ0n) is 28.9. The summed E-state index contributed by atoms with van der Waals surface area (Å²) in [5, 5.41) is 69.4. The number of azide groups is 1. The number of methoxy groups -OCH3 is 2. The summed E-state index contributed by atoms with van der Waals surface area (Å²) < 4.78 is 28.4. The molecule has 1 saturated heterocycles. The van der Waals surface area contributed by atoms with Crippen LogP contribution in [0.2, 0.25) is 0 Å². The second-order valence-corrected chi connectivity index (χ2v) is 12.5. The molecule has 1 heterocycles. The normalized spacial score (nSPS) is 27.3. The van der Waals surface area contributed by atoms with Gasteiger partial charge in [0.2, 0.25) is 11.8 Å². The maximum absolute atomic E-state index is 14.0. The highest BCUT2D eigenvalue weighted by Gasteiger charge is 2.49. The van der Waals surface area contributed by atoms with E-state index in [0.717, 1.165) is 0 Å². The van der Waals surface area contributed by atoms with Crippen molar-refractivity contribution < 1.29 is 63.9 Å². The van der Waals surface area contributed by atoms with E-state index in [-0.39, 0.29) is 52.3 Å². The van der Waals surface area contributed by atoms with Gasteiger partial charge in [0.25, 0.3) is 0 Å². The molecule has 8 N–H and O–H groups in total. The lowest BCUT2D eigenvalue weighted by Crippen LogP contribution is -2.61. The summed E-state index contributed by atoms with van der Waals surface area (Å²) in [6, 6.07) is 10.1. The SMILES string of the molecule is COc1cc(CNC(=O)[C@H]2C[C@H](OCCN=[N+]=[N-])[C@@H](O[C@H]3O[C@H](CO)[C@@H](O)[C@H](O)[C@@H]3O)C[C@@H]2C(=O)NCc2ccc(CO)c(OC)c2)ccc1CO. The molecule has 2 aromatic rings. The van der Waals surface area contributed by atoms with E-state index < -0.39 is 73.2 Å². The minimum absolute atomic E-state index is 0.0487. The predicted molar refractivity (Wildman–Crippen MR) is 180 cm³/mol. The number of aliphatic hydroxyl groups is 6. The Bertz CT molecular complexity index is 1540. The van der Waals surface area contributed by atoms with Crippen molar-refractivity contribution in [2.75, 3.05) is 34.0 Å². The first-order valence-electron chi connectivity index (χ1n) is 16.8. The van der Waals surface area contributed by atoms with Gasteiger partial charge in [-0.3, -0.25) is 9.59 Å². The van der Waals surface area contributed by atoms with Gasteiger partial charge < -0.3 is 65.0 Å². The maximum Gasteiger partial charge on any atom is 0.224 e. The molecule has 4 rings (SSSR count). The van der Waals surface area contributed by atoms with E-state index in [4.69, 9.17) is 29.2 Å². The molecule has 0 radical (unpaired) electrons. The Morgan fingerprint density at radius 3 is 1.87 bits per heavy atom. The first kappa shape index (κ1) is 40.7. The highest BCUT2D eigenvalue weighted by Crippen LogP contribution is 2.37. The number of ether oxygens (including phenoxy) is 5. The molecule has 0 spiro atoms. The van der Waals surface area contributed by atoms with E-state index in [1.54, 1.807) is 36.4 Å². The third kappa shape index (κ3) is 10.1. The van der Waals surface area contributed by atoms with Crippen molar-refractivity contribution in [3.8, 4) is 11.5 Å². The monoisotopic (exact) mass is 733 g/mol. The van der Waals surface area contributed by atoms with Crippen LogP contribution < -0.4 is 20.1 Å². The van der Waals surface area contributed by atoms with E-state index >= 15 is 0 Å². The van der Waals surface area contributed by atoms with Gasteiger partial charge in [0.05, 0.1) is 64.7 Å². The summed E-state index contributed by atoms with van der Waals surface area (Å²) in [7, 11) is 2.92. The summed E-state index contributed by atoms with van der Waals surface area (Å²) in [4.78, 5) is 30.6. The predicted octanol–water partition coefficient (Wildman–Crippen LogP) is -0.472. The van der Waals surface area contributed by atoms with Crippen molar-refractivity contribution in [3.63, 3.8) is 0 Å². The van der Waals surface area contributed by atoms with Crippen molar-refractivity contribution in [1.82, 2.24) is 10.6 Å². The first-order chi connectivity index (χ1) is 25.1. The summed E-state index contributed by atoms with van der Waals surface area (Å²) in [6.45, 7) is -1.17. The number of hydrogen-bond acceptors (Lipinski definition) is 14. The van der Waals surface area contributed by atoms with Crippen LogP contribution in [0.5, 0.6) is 11.5 Å². The fraction of sp³-hybridized carbons (Fsp3) is 0.588. The largest absolute Gasteiger partial charge is 0.496 e. The molecule has 2 aliphatic rings. The molecule has 0 bridgehead atoms. The van der Waals surface area contributed by atoms with E-state index in [0.29, 0.717) is 33.8 Å². The van der Waals surface area contributed by atoms with Crippen LogP contribution in [0.15, 0.2) is 41.5 Å². The molecular formula is C34H47N5O13. The first-order valence-corrected chi connectivity index (χ1v) is 16.8. The highest BCUT2D eigenvalue weighted by atomic mass is 16.7. The van der Waals surface area contributed by atoms with Crippen LogP contribution >= 0.6 is 0 Å². The van der Waals surface area contributed by atoms with Gasteiger partial charge in [-0.15, -0.1) is 0 Å². The molecular weight excluding hydrogens is 686 g/mol. The summed E-state index contributed by atoms with van der Waals surface area (Å²) in [5.41, 5.74) is 11.2. The lowest BCUT2D eigenvalue weighted by atomic mass is 9.75. The van der Waals surface area contributed by atoms with Gasteiger partial charge in [-0.05, 0) is 41.6 Å². The summed E-state index contributed by atoms with van der Waals surface area (Å²) in [5.74, 6) is -2.10. The lowest BCUT2D eigenvalue weighted by Gasteiger charge is -2.44. The molecule has 2 fully saturated rings. The Labute approximate surface area is 299 Å². The third-order valence-electron chi connectivity index (χ3n) is 9.27. The van der Waals surface area contributed by atoms with Crippen LogP contribution in [0.4, 0.5) is 0 Å². The third-order valence-corrected chi connectivity index (χ3v) is 9.27. The molecule has 0 unspecified atom stereocenters. The molecule has 1 saturated carbocycles. The minimum Gasteiger partial charge on any atom is -0.496 e. The fourth-order valence-corrected chi connectivity index (χ4v) is 6.37. The van der Waals surface area contributed by atoms with Crippen molar-refractivity contribution in [2.45, 2.75) is 82.1 Å². The molecule has 52 heavy (non-hydrogen) atoms. The molecule has 1 aliphatic heterocycles. The quantitative estimate of drug-likeness (QED) is 0.0443. The molecule has 18 nitrogen and oxygen atoms in total. The van der Waals surface area contributed by atoms with Crippen molar-refractivity contribution in [3.05, 3.63) is 69.1 Å². The van der Waals surface area contributed by atoms with E-state index in [9.17, 15) is 40.2 Å². The van der Waals surface area contributed by atoms with Crippen LogP contribution in [-0.2, 0) is 50.1 Å². The number of rotatable bonds is 17. The number of aliphatic hydroxyl groups excluding tert-OH is 6. The number of amides is 2. The maximum atomic E-state index is 14.0. The molecule has 9 atom stereocenters. The Balaban J connectivity index is 1.60. The number of benzene rings is 2. The second-order valence-electron chi connectivity index (χ2n) is 12.5. The Morgan fingerprint density at radius 2 is 1.38 bits per heavy atom. The standard InChI is InChI=1S/C34H47N5O13/c1-48-24-9-18(3-5-20(24)15-40)13-36-32(46)22-11-26(50-8-7-38-39-35)27(51-34-31(45)30(44)29(43)28(17-42)52-34)12-23(22)33(47)37-14-19-4-6-21(16-41)25(10-19)49-2/h3-6,9-10,22-23,26-31,34,40-45H,7-8,11-17H2,1-2H3,(H,36,46)(H,37,47)/t22-,23-,26-,27-,28+,29+,30-,31-,34-/m0/s1. The molecule has 2 amide bonds. The number of nitrogens with one attached hydrogen (secondary N) is 2. The summed E-state index contributed by atoms with van der Waals surface area (Å²) in [6.07, 6.45) is -10.0. The number of hydrogen-bond donors (Lipinski definition) is 8. The van der Waals surface area contributed by atoms with Gasteiger partial charge in [-0.2, -0.15) is 0 Å². The van der Waals surface area contributed by atoms with E-state index in [1.807, 2.05) is 0 Å². The number of carbonyl (C=O) groups is 2. The average molecular weight is 734 g/mol. The topological polar surface area (TPSA) is 274 Å². The van der Waals surface area contributed by atoms with Gasteiger partial charge in [0, 0.05) is 35.7 Å². The Kier molecular flexibility index (Phi) is 15.4. The molecule has 286 valence electrons.